The molecule has 3 N–H and O–H groups in total. The van der Waals surface area contributed by atoms with Crippen molar-refractivity contribution < 1.29 is 8.42 Å². The van der Waals surface area contributed by atoms with E-state index in [1.54, 1.807) is 24.3 Å². The number of hydrogen-bond acceptors (Lipinski definition) is 4. The minimum Gasteiger partial charge on any atom is -0.397 e. The van der Waals surface area contributed by atoms with Crippen molar-refractivity contribution in [2.75, 3.05) is 10.5 Å². The van der Waals surface area contributed by atoms with Crippen molar-refractivity contribution in [3.05, 3.63) is 53.1 Å². The van der Waals surface area contributed by atoms with Gasteiger partial charge >= 0.3 is 0 Å². The highest BCUT2D eigenvalue weighted by Crippen LogP contribution is 2.24. The number of hydrogen-bond donors (Lipinski definition) is 2. The van der Waals surface area contributed by atoms with E-state index in [4.69, 9.17) is 22.6 Å². The summed E-state index contributed by atoms with van der Waals surface area (Å²) in [7, 11) is -3.81. The van der Waals surface area contributed by atoms with Crippen molar-refractivity contribution in [2.45, 2.75) is 4.90 Å². The second kappa shape index (κ2) is 5.41. The molecule has 20 heavy (non-hydrogen) atoms. The highest BCUT2D eigenvalue weighted by atomic mass is 35.5. The number of nitriles is 1. The van der Waals surface area contributed by atoms with E-state index in [1.165, 1.54) is 18.2 Å². The maximum Gasteiger partial charge on any atom is 0.262 e. The molecule has 0 saturated heterocycles. The van der Waals surface area contributed by atoms with E-state index >= 15 is 0 Å². The van der Waals surface area contributed by atoms with Gasteiger partial charge in [0.1, 0.15) is 6.07 Å². The Morgan fingerprint density at radius 1 is 1.20 bits per heavy atom. The van der Waals surface area contributed by atoms with Gasteiger partial charge in [0.05, 0.1) is 26.9 Å². The highest BCUT2D eigenvalue weighted by molar-refractivity contribution is 7.92. The molecule has 0 atom stereocenters. The summed E-state index contributed by atoms with van der Waals surface area (Å²) in [5.74, 6) is 0. The van der Waals surface area contributed by atoms with Gasteiger partial charge in [0, 0.05) is 0 Å². The Balaban J connectivity index is 2.39. The van der Waals surface area contributed by atoms with Crippen LogP contribution in [0.15, 0.2) is 47.4 Å². The summed E-state index contributed by atoms with van der Waals surface area (Å²) in [4.78, 5) is -0.0373. The third kappa shape index (κ3) is 2.85. The van der Waals surface area contributed by atoms with Crippen LogP contribution in [-0.2, 0) is 10.0 Å². The highest BCUT2D eigenvalue weighted by Gasteiger charge is 2.16. The molecule has 5 nitrogen and oxygen atoms in total. The number of para-hydroxylation sites is 2. The van der Waals surface area contributed by atoms with Crippen LogP contribution in [0.4, 0.5) is 11.4 Å². The zero-order chi connectivity index (χ0) is 14.8. The molecular weight excluding hydrogens is 298 g/mol. The van der Waals surface area contributed by atoms with Crippen molar-refractivity contribution >= 4 is 33.0 Å². The molecule has 2 aromatic rings. The van der Waals surface area contributed by atoms with Crippen LogP contribution in [0.1, 0.15) is 5.56 Å². The van der Waals surface area contributed by atoms with Gasteiger partial charge in [-0.3, -0.25) is 4.72 Å². The molecule has 0 aromatic heterocycles. The van der Waals surface area contributed by atoms with E-state index in [-0.39, 0.29) is 21.2 Å². The van der Waals surface area contributed by atoms with Gasteiger partial charge in [-0.2, -0.15) is 5.26 Å². The fraction of sp³-hybridized carbons (Fsp3) is 0. The number of halogens is 1. The average Bonchev–Trinajstić information content (AvgIpc) is 2.41. The molecule has 0 spiro atoms. The third-order valence-electron chi connectivity index (χ3n) is 2.58. The molecule has 0 heterocycles. The molecule has 102 valence electrons. The second-order valence-electron chi connectivity index (χ2n) is 3.95. The van der Waals surface area contributed by atoms with Crippen LogP contribution in [0.5, 0.6) is 0 Å². The number of anilines is 2. The second-order valence-corrected chi connectivity index (χ2v) is 6.04. The van der Waals surface area contributed by atoms with Crippen LogP contribution in [0, 0.1) is 11.3 Å². The summed E-state index contributed by atoms with van der Waals surface area (Å²) in [6.07, 6.45) is 0. The van der Waals surface area contributed by atoms with Gasteiger partial charge in [0.25, 0.3) is 10.0 Å². The first kappa shape index (κ1) is 14.2. The Morgan fingerprint density at radius 2 is 1.90 bits per heavy atom. The molecule has 0 radical (unpaired) electrons. The standard InChI is InChI=1S/C13H10ClN3O2S/c14-11-7-10(6-5-9(11)8-15)20(18,19)17-13-4-2-1-3-12(13)16/h1-7,17H,16H2. The lowest BCUT2D eigenvalue weighted by atomic mass is 10.2. The Morgan fingerprint density at radius 3 is 2.50 bits per heavy atom. The first-order valence-electron chi connectivity index (χ1n) is 5.51. The van der Waals surface area contributed by atoms with Gasteiger partial charge < -0.3 is 5.73 Å². The molecule has 2 rings (SSSR count). The zero-order valence-electron chi connectivity index (χ0n) is 10.2. The van der Waals surface area contributed by atoms with Crippen molar-refractivity contribution in [2.24, 2.45) is 0 Å². The molecule has 0 fully saturated rings. The maximum atomic E-state index is 12.2. The summed E-state index contributed by atoms with van der Waals surface area (Å²) in [6.45, 7) is 0. The van der Waals surface area contributed by atoms with Crippen molar-refractivity contribution in [3.8, 4) is 6.07 Å². The van der Waals surface area contributed by atoms with Crippen LogP contribution < -0.4 is 10.5 Å². The molecule has 0 amide bonds. The Bertz CT molecular complexity index is 798. The van der Waals surface area contributed by atoms with E-state index in [1.807, 2.05) is 6.07 Å². The van der Waals surface area contributed by atoms with E-state index in [0.717, 1.165) is 0 Å². The third-order valence-corrected chi connectivity index (χ3v) is 4.25. The molecule has 7 heteroatoms. The summed E-state index contributed by atoms with van der Waals surface area (Å²) in [5, 5.41) is 8.85. The van der Waals surface area contributed by atoms with E-state index in [2.05, 4.69) is 4.72 Å². The number of rotatable bonds is 3. The summed E-state index contributed by atoms with van der Waals surface area (Å²) >= 11 is 5.83. The fourth-order valence-electron chi connectivity index (χ4n) is 1.55. The Hall–Kier alpha value is -2.23. The van der Waals surface area contributed by atoms with Crippen LogP contribution in [0.25, 0.3) is 0 Å². The molecule has 0 aliphatic rings. The lowest BCUT2D eigenvalue weighted by Gasteiger charge is -2.10. The molecule has 0 unspecified atom stereocenters. The van der Waals surface area contributed by atoms with E-state index in [0.29, 0.717) is 5.69 Å². The maximum absolute atomic E-state index is 12.2. The van der Waals surface area contributed by atoms with Crippen LogP contribution in [-0.4, -0.2) is 8.42 Å². The number of sulfonamides is 1. The van der Waals surface area contributed by atoms with Crippen LogP contribution in [0.2, 0.25) is 5.02 Å². The van der Waals surface area contributed by atoms with Crippen molar-refractivity contribution in [1.29, 1.82) is 5.26 Å². The topological polar surface area (TPSA) is 96.0 Å². The lowest BCUT2D eigenvalue weighted by Crippen LogP contribution is -2.14. The van der Waals surface area contributed by atoms with Gasteiger partial charge in [-0.25, -0.2) is 8.42 Å². The number of nitrogens with two attached hydrogens (primary N) is 1. The Labute approximate surface area is 121 Å². The first-order valence-corrected chi connectivity index (χ1v) is 7.37. The normalized spacial score (nSPS) is 10.8. The summed E-state index contributed by atoms with van der Waals surface area (Å²) < 4.78 is 26.8. The summed E-state index contributed by atoms with van der Waals surface area (Å²) in [5.41, 5.74) is 6.50. The molecule has 0 saturated carbocycles. The van der Waals surface area contributed by atoms with Gasteiger partial charge in [0.2, 0.25) is 0 Å². The fourth-order valence-corrected chi connectivity index (χ4v) is 2.95. The predicted molar refractivity (Wildman–Crippen MR) is 77.8 cm³/mol. The van der Waals surface area contributed by atoms with Gasteiger partial charge in [-0.05, 0) is 30.3 Å². The van der Waals surface area contributed by atoms with Crippen LogP contribution in [0.3, 0.4) is 0 Å². The zero-order valence-corrected chi connectivity index (χ0v) is 11.7. The molecule has 0 aliphatic carbocycles. The average molecular weight is 308 g/mol. The number of benzene rings is 2. The lowest BCUT2D eigenvalue weighted by molar-refractivity contribution is 0.601. The van der Waals surface area contributed by atoms with E-state index in [9.17, 15) is 8.42 Å². The molecule has 0 bridgehead atoms. The predicted octanol–water partition coefficient (Wildman–Crippen LogP) is 2.59. The molecular formula is C13H10ClN3O2S. The van der Waals surface area contributed by atoms with Gasteiger partial charge in [0.15, 0.2) is 0 Å². The van der Waals surface area contributed by atoms with Crippen molar-refractivity contribution in [3.63, 3.8) is 0 Å². The first-order chi connectivity index (χ1) is 9.44. The van der Waals surface area contributed by atoms with Crippen molar-refractivity contribution in [1.82, 2.24) is 0 Å². The smallest absolute Gasteiger partial charge is 0.262 e. The van der Waals surface area contributed by atoms with Gasteiger partial charge in [-0.1, -0.05) is 23.7 Å². The quantitative estimate of drug-likeness (QED) is 0.852. The minimum atomic E-state index is -3.81. The largest absolute Gasteiger partial charge is 0.397 e. The summed E-state index contributed by atoms with van der Waals surface area (Å²) in [6, 6.07) is 12.3. The van der Waals surface area contributed by atoms with Crippen LogP contribution >= 0.6 is 11.6 Å². The molecule has 0 aliphatic heterocycles. The van der Waals surface area contributed by atoms with E-state index < -0.39 is 10.0 Å². The monoisotopic (exact) mass is 307 g/mol. The number of nitrogens with one attached hydrogen (secondary N) is 1. The number of nitrogen functional groups attached to an aromatic ring is 1. The minimum absolute atomic E-state index is 0.0373. The van der Waals surface area contributed by atoms with Gasteiger partial charge in [-0.15, -0.1) is 0 Å². The molecule has 2 aromatic carbocycles. The number of nitrogens with zero attached hydrogens (tertiary/aromatic N) is 1. The Kier molecular flexibility index (Phi) is 3.84. The SMILES string of the molecule is N#Cc1ccc(S(=O)(=O)Nc2ccccc2N)cc1Cl.